The number of aromatic nitrogens is 2. The van der Waals surface area contributed by atoms with Crippen molar-refractivity contribution in [2.24, 2.45) is 5.73 Å². The van der Waals surface area contributed by atoms with Crippen LogP contribution in [0.15, 0.2) is 22.7 Å². The quantitative estimate of drug-likeness (QED) is 0.920. The largest absolute Gasteiger partial charge is 0.339 e. The Morgan fingerprint density at radius 1 is 1.30 bits per heavy atom. The first-order chi connectivity index (χ1) is 9.65. The summed E-state index contributed by atoms with van der Waals surface area (Å²) in [6.45, 7) is 0. The zero-order valence-corrected chi connectivity index (χ0v) is 11.6. The highest BCUT2D eigenvalue weighted by Gasteiger charge is 2.28. The fraction of sp³-hybridized carbons (Fsp3) is 0.429. The van der Waals surface area contributed by atoms with Crippen LogP contribution in [0.5, 0.6) is 0 Å². The van der Waals surface area contributed by atoms with Gasteiger partial charge in [-0.05, 0) is 31.0 Å². The van der Waals surface area contributed by atoms with Gasteiger partial charge in [0.05, 0.1) is 10.9 Å². The molecule has 0 saturated heterocycles. The molecule has 3 rings (SSSR count). The van der Waals surface area contributed by atoms with Crippen molar-refractivity contribution in [1.82, 2.24) is 10.1 Å². The van der Waals surface area contributed by atoms with Crippen LogP contribution in [-0.4, -0.2) is 16.2 Å². The van der Waals surface area contributed by atoms with Gasteiger partial charge in [-0.3, -0.25) is 0 Å². The average Bonchev–Trinajstić information content (AvgIpc) is 2.88. The van der Waals surface area contributed by atoms with E-state index in [1.54, 1.807) is 6.07 Å². The SMILES string of the molecule is NC1CCCCC1c1nc(-c2ccc(F)cc2Cl)no1. The van der Waals surface area contributed by atoms with Crippen LogP contribution >= 0.6 is 11.6 Å². The fourth-order valence-corrected chi connectivity index (χ4v) is 2.88. The molecule has 1 saturated carbocycles. The van der Waals surface area contributed by atoms with Gasteiger partial charge < -0.3 is 10.3 Å². The van der Waals surface area contributed by atoms with Crippen LogP contribution in [0.3, 0.4) is 0 Å². The van der Waals surface area contributed by atoms with E-state index in [1.807, 2.05) is 0 Å². The van der Waals surface area contributed by atoms with Crippen LogP contribution in [-0.2, 0) is 0 Å². The highest BCUT2D eigenvalue weighted by molar-refractivity contribution is 6.33. The molecule has 1 fully saturated rings. The lowest BCUT2D eigenvalue weighted by Gasteiger charge is -2.25. The summed E-state index contributed by atoms with van der Waals surface area (Å²) in [5.41, 5.74) is 6.67. The van der Waals surface area contributed by atoms with Gasteiger partial charge in [0.15, 0.2) is 0 Å². The first kappa shape index (κ1) is 13.5. The van der Waals surface area contributed by atoms with Crippen molar-refractivity contribution in [2.45, 2.75) is 37.6 Å². The molecule has 0 amide bonds. The highest BCUT2D eigenvalue weighted by atomic mass is 35.5. The summed E-state index contributed by atoms with van der Waals surface area (Å²) in [5.74, 6) is 0.636. The Balaban J connectivity index is 1.89. The molecule has 2 unspecified atom stereocenters. The molecule has 4 nitrogen and oxygen atoms in total. The number of nitrogens with two attached hydrogens (primary N) is 1. The fourth-order valence-electron chi connectivity index (χ4n) is 2.63. The number of nitrogens with zero attached hydrogens (tertiary/aromatic N) is 2. The lowest BCUT2D eigenvalue weighted by molar-refractivity contribution is 0.290. The molecule has 106 valence electrons. The molecule has 1 aliphatic carbocycles. The molecule has 0 aliphatic heterocycles. The first-order valence-corrected chi connectivity index (χ1v) is 7.07. The van der Waals surface area contributed by atoms with Crippen LogP contribution in [0.2, 0.25) is 5.02 Å². The molecule has 20 heavy (non-hydrogen) atoms. The second-order valence-electron chi connectivity index (χ2n) is 5.14. The van der Waals surface area contributed by atoms with Crippen LogP contribution in [0.4, 0.5) is 4.39 Å². The van der Waals surface area contributed by atoms with Crippen LogP contribution in [0, 0.1) is 5.82 Å². The number of halogens is 2. The highest BCUT2D eigenvalue weighted by Crippen LogP contribution is 2.33. The van der Waals surface area contributed by atoms with E-state index in [2.05, 4.69) is 10.1 Å². The van der Waals surface area contributed by atoms with Gasteiger partial charge in [0.1, 0.15) is 5.82 Å². The molecule has 2 aromatic rings. The van der Waals surface area contributed by atoms with Crippen LogP contribution < -0.4 is 5.73 Å². The summed E-state index contributed by atoms with van der Waals surface area (Å²) in [6.07, 6.45) is 4.19. The molecule has 1 aliphatic rings. The molecular formula is C14H15ClFN3O. The summed E-state index contributed by atoms with van der Waals surface area (Å²) < 4.78 is 18.4. The minimum Gasteiger partial charge on any atom is -0.339 e. The zero-order valence-electron chi connectivity index (χ0n) is 10.9. The topological polar surface area (TPSA) is 64.9 Å². The monoisotopic (exact) mass is 295 g/mol. The van der Waals surface area contributed by atoms with Gasteiger partial charge in [0.25, 0.3) is 0 Å². The lowest BCUT2D eigenvalue weighted by Crippen LogP contribution is -2.31. The Morgan fingerprint density at radius 2 is 2.10 bits per heavy atom. The second kappa shape index (κ2) is 5.50. The summed E-state index contributed by atoms with van der Waals surface area (Å²) >= 11 is 6.00. The Labute approximate surface area is 121 Å². The minimum absolute atomic E-state index is 0.0562. The van der Waals surface area contributed by atoms with E-state index >= 15 is 0 Å². The van der Waals surface area contributed by atoms with Crippen LogP contribution in [0.1, 0.15) is 37.5 Å². The van der Waals surface area contributed by atoms with E-state index in [0.717, 1.165) is 25.7 Å². The van der Waals surface area contributed by atoms with Crippen molar-refractivity contribution in [2.75, 3.05) is 0 Å². The third-order valence-electron chi connectivity index (χ3n) is 3.75. The maximum atomic E-state index is 13.0. The third-order valence-corrected chi connectivity index (χ3v) is 4.06. The van der Waals surface area contributed by atoms with Gasteiger partial charge in [0, 0.05) is 11.6 Å². The van der Waals surface area contributed by atoms with E-state index in [4.69, 9.17) is 21.9 Å². The van der Waals surface area contributed by atoms with Gasteiger partial charge in [-0.2, -0.15) is 4.98 Å². The second-order valence-corrected chi connectivity index (χ2v) is 5.54. The minimum atomic E-state index is -0.392. The predicted octanol–water partition coefficient (Wildman–Crippen LogP) is 3.51. The molecule has 0 spiro atoms. The molecule has 0 radical (unpaired) electrons. The average molecular weight is 296 g/mol. The van der Waals surface area contributed by atoms with Crippen molar-refractivity contribution in [3.63, 3.8) is 0 Å². The number of rotatable bonds is 2. The van der Waals surface area contributed by atoms with Crippen molar-refractivity contribution in [3.8, 4) is 11.4 Å². The number of hydrogen-bond donors (Lipinski definition) is 1. The molecule has 1 aromatic carbocycles. The van der Waals surface area contributed by atoms with Gasteiger partial charge in [0.2, 0.25) is 11.7 Å². The summed E-state index contributed by atoms with van der Waals surface area (Å²) in [7, 11) is 0. The normalized spacial score (nSPS) is 22.9. The van der Waals surface area contributed by atoms with Crippen molar-refractivity contribution < 1.29 is 8.91 Å². The number of hydrogen-bond acceptors (Lipinski definition) is 4. The molecule has 1 aromatic heterocycles. The van der Waals surface area contributed by atoms with Crippen molar-refractivity contribution >= 4 is 11.6 Å². The molecule has 2 atom stereocenters. The number of benzene rings is 1. The summed E-state index contributed by atoms with van der Waals surface area (Å²) in [6, 6.07) is 4.16. The maximum Gasteiger partial charge on any atom is 0.231 e. The Kier molecular flexibility index (Phi) is 3.72. The summed E-state index contributed by atoms with van der Waals surface area (Å²) in [5, 5.41) is 4.21. The Bertz CT molecular complexity index is 616. The lowest BCUT2D eigenvalue weighted by atomic mass is 9.85. The first-order valence-electron chi connectivity index (χ1n) is 6.70. The maximum absolute atomic E-state index is 13.0. The van der Waals surface area contributed by atoms with Gasteiger partial charge in [-0.1, -0.05) is 29.6 Å². The van der Waals surface area contributed by atoms with E-state index < -0.39 is 5.82 Å². The van der Waals surface area contributed by atoms with Gasteiger partial charge >= 0.3 is 0 Å². The van der Waals surface area contributed by atoms with Gasteiger partial charge in [-0.25, -0.2) is 4.39 Å². The van der Waals surface area contributed by atoms with Crippen molar-refractivity contribution in [3.05, 3.63) is 34.9 Å². The summed E-state index contributed by atoms with van der Waals surface area (Å²) in [4.78, 5) is 4.38. The molecule has 0 bridgehead atoms. The smallest absolute Gasteiger partial charge is 0.231 e. The van der Waals surface area contributed by atoms with E-state index in [-0.39, 0.29) is 17.0 Å². The van der Waals surface area contributed by atoms with E-state index in [0.29, 0.717) is 17.3 Å². The molecule has 1 heterocycles. The Morgan fingerprint density at radius 3 is 2.85 bits per heavy atom. The van der Waals surface area contributed by atoms with E-state index in [9.17, 15) is 4.39 Å². The molecular weight excluding hydrogens is 281 g/mol. The molecule has 2 N–H and O–H groups in total. The standard InChI is InChI=1S/C14H15ClFN3O/c15-11-7-8(16)5-6-9(11)13-18-14(20-19-13)10-3-1-2-4-12(10)17/h5-7,10,12H,1-4,17H2. The molecule has 6 heteroatoms. The Hall–Kier alpha value is -1.46. The zero-order chi connectivity index (χ0) is 14.1. The predicted molar refractivity (Wildman–Crippen MR) is 73.9 cm³/mol. The van der Waals surface area contributed by atoms with Crippen molar-refractivity contribution in [1.29, 1.82) is 0 Å². The third kappa shape index (κ3) is 2.55. The van der Waals surface area contributed by atoms with Gasteiger partial charge in [-0.15, -0.1) is 0 Å². The van der Waals surface area contributed by atoms with E-state index in [1.165, 1.54) is 12.1 Å². The van der Waals surface area contributed by atoms with Crippen LogP contribution in [0.25, 0.3) is 11.4 Å².